The summed E-state index contributed by atoms with van der Waals surface area (Å²) in [6.07, 6.45) is 4.40. The second-order valence-electron chi connectivity index (χ2n) is 7.33. The smallest absolute Gasteiger partial charge is 0.264 e. The van der Waals surface area contributed by atoms with Crippen molar-refractivity contribution < 1.29 is 28.5 Å². The van der Waals surface area contributed by atoms with E-state index in [-0.39, 0.29) is 18.4 Å². The van der Waals surface area contributed by atoms with Crippen LogP contribution in [0.5, 0.6) is 11.5 Å². The largest absolute Gasteiger partial charge is 0.496 e. The van der Waals surface area contributed by atoms with Gasteiger partial charge in [-0.2, -0.15) is 0 Å². The van der Waals surface area contributed by atoms with Crippen LogP contribution in [0.3, 0.4) is 0 Å². The summed E-state index contributed by atoms with van der Waals surface area (Å²) in [5.74, 6) is 0.258. The van der Waals surface area contributed by atoms with Gasteiger partial charge in [0.25, 0.3) is 5.91 Å². The van der Waals surface area contributed by atoms with Gasteiger partial charge >= 0.3 is 0 Å². The second kappa shape index (κ2) is 9.45. The Bertz CT molecular complexity index is 710. The molecule has 1 aliphatic carbocycles. The summed E-state index contributed by atoms with van der Waals surface area (Å²) in [6.45, 7) is 0.944. The normalized spacial score (nSPS) is 20.5. The van der Waals surface area contributed by atoms with Crippen LogP contribution in [0.25, 0.3) is 0 Å². The lowest BCUT2D eigenvalue weighted by atomic mass is 9.89. The van der Waals surface area contributed by atoms with E-state index in [0.717, 1.165) is 19.3 Å². The Balaban J connectivity index is 1.98. The first-order valence-electron chi connectivity index (χ1n) is 10.0. The highest BCUT2D eigenvalue weighted by molar-refractivity contribution is 6.02. The molecule has 1 N–H and O–H groups in total. The van der Waals surface area contributed by atoms with Gasteiger partial charge in [-0.3, -0.25) is 14.5 Å². The maximum atomic E-state index is 13.8. The minimum absolute atomic E-state index is 0.169. The number of methoxy groups -OCH3 is 3. The van der Waals surface area contributed by atoms with E-state index >= 15 is 0 Å². The van der Waals surface area contributed by atoms with E-state index < -0.39 is 11.8 Å². The number of nitrogens with one attached hydrogen (secondary N) is 1. The average molecular weight is 406 g/mol. The maximum Gasteiger partial charge on any atom is 0.264 e. The molecule has 1 aliphatic heterocycles. The van der Waals surface area contributed by atoms with Crippen molar-refractivity contribution in [2.24, 2.45) is 0 Å². The van der Waals surface area contributed by atoms with Crippen LogP contribution in [0, 0.1) is 0 Å². The second-order valence-corrected chi connectivity index (χ2v) is 7.33. The summed E-state index contributed by atoms with van der Waals surface area (Å²) in [7, 11) is 4.60. The lowest BCUT2D eigenvalue weighted by Gasteiger charge is -2.41. The van der Waals surface area contributed by atoms with Gasteiger partial charge in [0.1, 0.15) is 28.8 Å². The van der Waals surface area contributed by atoms with Gasteiger partial charge in [0.2, 0.25) is 5.91 Å². The Morgan fingerprint density at radius 3 is 2.38 bits per heavy atom. The van der Waals surface area contributed by atoms with E-state index in [4.69, 9.17) is 18.9 Å². The van der Waals surface area contributed by atoms with E-state index in [1.807, 2.05) is 0 Å². The van der Waals surface area contributed by atoms with E-state index in [9.17, 15) is 9.59 Å². The zero-order chi connectivity index (χ0) is 20.9. The first kappa shape index (κ1) is 21.4. The number of hydrogen-bond acceptors (Lipinski definition) is 6. The van der Waals surface area contributed by atoms with Crippen molar-refractivity contribution >= 4 is 11.8 Å². The molecule has 1 aromatic rings. The zero-order valence-electron chi connectivity index (χ0n) is 17.4. The van der Waals surface area contributed by atoms with Gasteiger partial charge < -0.3 is 24.3 Å². The third-order valence-electron chi connectivity index (χ3n) is 5.66. The first-order chi connectivity index (χ1) is 14.1. The van der Waals surface area contributed by atoms with Crippen LogP contribution in [0.2, 0.25) is 0 Å². The summed E-state index contributed by atoms with van der Waals surface area (Å²) < 4.78 is 22.0. The number of rotatable bonds is 7. The molecule has 0 aromatic heterocycles. The number of ether oxygens (including phenoxy) is 4. The zero-order valence-corrected chi connectivity index (χ0v) is 17.4. The number of carbonyl (C=O) groups excluding carboxylic acids is 2. The Kier molecular flexibility index (Phi) is 6.97. The third-order valence-corrected chi connectivity index (χ3v) is 5.66. The minimum Gasteiger partial charge on any atom is -0.496 e. The molecule has 0 bridgehead atoms. The van der Waals surface area contributed by atoms with E-state index in [0.29, 0.717) is 43.1 Å². The molecule has 1 atom stereocenters. The molecule has 1 saturated carbocycles. The van der Waals surface area contributed by atoms with E-state index in [1.54, 1.807) is 30.2 Å². The minimum atomic E-state index is -0.773. The van der Waals surface area contributed by atoms with Crippen LogP contribution in [-0.2, 0) is 14.3 Å². The lowest BCUT2D eigenvalue weighted by molar-refractivity contribution is -0.127. The molecule has 3 rings (SSSR count). The number of amides is 2. The van der Waals surface area contributed by atoms with Crippen LogP contribution >= 0.6 is 0 Å². The topological polar surface area (TPSA) is 86.3 Å². The van der Waals surface area contributed by atoms with Crippen molar-refractivity contribution in [3.8, 4) is 11.5 Å². The fraction of sp³-hybridized carbons (Fsp3) is 0.619. The first-order valence-corrected chi connectivity index (χ1v) is 10.0. The fourth-order valence-electron chi connectivity index (χ4n) is 4.25. The molecule has 8 nitrogen and oxygen atoms in total. The van der Waals surface area contributed by atoms with Gasteiger partial charge in [0, 0.05) is 13.7 Å². The molecule has 0 radical (unpaired) electrons. The summed E-state index contributed by atoms with van der Waals surface area (Å²) in [4.78, 5) is 28.3. The lowest BCUT2D eigenvalue weighted by Crippen LogP contribution is -2.56. The number of carbonyl (C=O) groups is 2. The van der Waals surface area contributed by atoms with Gasteiger partial charge in [-0.05, 0) is 37.8 Å². The Hall–Kier alpha value is -2.32. The summed E-state index contributed by atoms with van der Waals surface area (Å²) >= 11 is 0. The molecule has 1 spiro atoms. The van der Waals surface area contributed by atoms with Crippen LogP contribution in [0.15, 0.2) is 18.2 Å². The Labute approximate surface area is 171 Å². The SMILES string of the molecule is COCCNC(=O)C1COC2(CCCCC2)N1C(=O)c1c(OC)cccc1OC. The average Bonchev–Trinajstić information content (AvgIpc) is 3.11. The van der Waals surface area contributed by atoms with Crippen LogP contribution in [0.1, 0.15) is 42.5 Å². The molecular weight excluding hydrogens is 376 g/mol. The molecule has 29 heavy (non-hydrogen) atoms. The molecule has 2 aliphatic rings. The van der Waals surface area contributed by atoms with Crippen molar-refractivity contribution in [3.63, 3.8) is 0 Å². The molecule has 2 fully saturated rings. The highest BCUT2D eigenvalue weighted by Crippen LogP contribution is 2.43. The molecule has 1 unspecified atom stereocenters. The highest BCUT2D eigenvalue weighted by Gasteiger charge is 2.53. The van der Waals surface area contributed by atoms with Crippen LogP contribution in [0.4, 0.5) is 0 Å². The van der Waals surface area contributed by atoms with E-state index in [2.05, 4.69) is 5.32 Å². The summed E-state index contributed by atoms with van der Waals surface area (Å²) in [6, 6.07) is 4.48. The van der Waals surface area contributed by atoms with Crippen molar-refractivity contribution in [2.45, 2.75) is 43.9 Å². The van der Waals surface area contributed by atoms with Crippen molar-refractivity contribution in [1.29, 1.82) is 0 Å². The number of nitrogens with zero attached hydrogens (tertiary/aromatic N) is 1. The summed E-state index contributed by atoms with van der Waals surface area (Å²) in [5, 5.41) is 2.84. The van der Waals surface area contributed by atoms with Crippen LogP contribution in [-0.4, -0.2) is 69.6 Å². The monoisotopic (exact) mass is 406 g/mol. The molecular formula is C21H30N2O6. The van der Waals surface area contributed by atoms with Crippen molar-refractivity contribution in [1.82, 2.24) is 10.2 Å². The van der Waals surface area contributed by atoms with Gasteiger partial charge in [-0.1, -0.05) is 12.5 Å². The van der Waals surface area contributed by atoms with Gasteiger partial charge in [0.05, 0.1) is 27.4 Å². The third kappa shape index (κ3) is 4.18. The Morgan fingerprint density at radius 1 is 1.14 bits per heavy atom. The molecule has 8 heteroatoms. The maximum absolute atomic E-state index is 13.8. The predicted octanol–water partition coefficient (Wildman–Crippen LogP) is 1.97. The van der Waals surface area contributed by atoms with Crippen LogP contribution < -0.4 is 14.8 Å². The quantitative estimate of drug-likeness (QED) is 0.697. The standard InChI is InChI=1S/C21H30N2O6/c1-26-13-12-22-19(24)15-14-29-21(10-5-4-6-11-21)23(15)20(25)18-16(27-2)8-7-9-17(18)28-3/h7-9,15H,4-6,10-14H2,1-3H3,(H,22,24). The molecule has 2 amide bonds. The van der Waals surface area contributed by atoms with Gasteiger partial charge in [-0.15, -0.1) is 0 Å². The summed E-state index contributed by atoms with van der Waals surface area (Å²) in [5.41, 5.74) is -0.465. The fourth-order valence-corrected chi connectivity index (χ4v) is 4.25. The molecule has 1 aromatic carbocycles. The van der Waals surface area contributed by atoms with E-state index in [1.165, 1.54) is 14.2 Å². The molecule has 1 saturated heterocycles. The highest BCUT2D eigenvalue weighted by atomic mass is 16.5. The number of hydrogen-bond donors (Lipinski definition) is 1. The number of benzene rings is 1. The Morgan fingerprint density at radius 2 is 1.79 bits per heavy atom. The van der Waals surface area contributed by atoms with Crippen molar-refractivity contribution in [3.05, 3.63) is 23.8 Å². The predicted molar refractivity (Wildman–Crippen MR) is 106 cm³/mol. The van der Waals surface area contributed by atoms with Crippen molar-refractivity contribution in [2.75, 3.05) is 41.1 Å². The molecule has 160 valence electrons. The van der Waals surface area contributed by atoms with Gasteiger partial charge in [0.15, 0.2) is 0 Å². The molecule has 1 heterocycles. The van der Waals surface area contributed by atoms with Gasteiger partial charge in [-0.25, -0.2) is 0 Å².